The maximum Gasteiger partial charge on any atom is 0.243 e. The van der Waals surface area contributed by atoms with Gasteiger partial charge in [-0.1, -0.05) is 45.2 Å². The quantitative estimate of drug-likeness (QED) is 0.799. The summed E-state index contributed by atoms with van der Waals surface area (Å²) in [5.41, 5.74) is 0. The van der Waals surface area contributed by atoms with Gasteiger partial charge in [0.2, 0.25) is 10.0 Å². The molecule has 0 bridgehead atoms. The number of nitrogens with one attached hydrogen (secondary N) is 1. The zero-order valence-corrected chi connectivity index (χ0v) is 14.5. The Balaban J connectivity index is 2.24. The molecule has 23 heavy (non-hydrogen) atoms. The van der Waals surface area contributed by atoms with Gasteiger partial charge in [0.15, 0.2) is 0 Å². The van der Waals surface area contributed by atoms with Crippen molar-refractivity contribution in [3.8, 4) is 0 Å². The smallest absolute Gasteiger partial charge is 0.243 e. The first-order chi connectivity index (χ1) is 10.9. The van der Waals surface area contributed by atoms with Crippen LogP contribution < -0.4 is 4.72 Å². The Labute approximate surface area is 138 Å². The fraction of sp³-hybridized carbons (Fsp3) is 0.647. The van der Waals surface area contributed by atoms with Gasteiger partial charge in [0.1, 0.15) is 10.7 Å². The highest BCUT2D eigenvalue weighted by molar-refractivity contribution is 7.89. The molecule has 2 rings (SSSR count). The van der Waals surface area contributed by atoms with Crippen molar-refractivity contribution in [2.45, 2.75) is 63.0 Å². The molecule has 1 aliphatic rings. The van der Waals surface area contributed by atoms with E-state index in [0.717, 1.165) is 38.2 Å². The van der Waals surface area contributed by atoms with E-state index < -0.39 is 28.0 Å². The Kier molecular flexibility index (Phi) is 6.17. The van der Waals surface area contributed by atoms with E-state index in [2.05, 4.69) is 4.72 Å². The first-order valence-corrected chi connectivity index (χ1v) is 9.80. The van der Waals surface area contributed by atoms with Gasteiger partial charge in [-0.2, -0.15) is 0 Å². The summed E-state index contributed by atoms with van der Waals surface area (Å²) < 4.78 is 41.5. The number of aliphatic hydroxyl groups is 1. The number of sulfonamides is 1. The van der Waals surface area contributed by atoms with E-state index in [1.54, 1.807) is 0 Å². The van der Waals surface area contributed by atoms with Crippen molar-refractivity contribution in [1.82, 2.24) is 4.72 Å². The molecule has 1 saturated carbocycles. The number of hydrogen-bond donors (Lipinski definition) is 2. The molecule has 0 spiro atoms. The topological polar surface area (TPSA) is 66.4 Å². The minimum Gasteiger partial charge on any atom is -0.391 e. The number of aliphatic hydroxyl groups excluding tert-OH is 1. The van der Waals surface area contributed by atoms with Crippen molar-refractivity contribution in [2.24, 2.45) is 11.8 Å². The molecule has 6 heteroatoms. The summed E-state index contributed by atoms with van der Waals surface area (Å²) in [4.78, 5) is -0.369. The van der Waals surface area contributed by atoms with E-state index in [-0.39, 0.29) is 16.7 Å². The van der Waals surface area contributed by atoms with Crippen molar-refractivity contribution < 1.29 is 17.9 Å². The highest BCUT2D eigenvalue weighted by Crippen LogP contribution is 2.31. The Morgan fingerprint density at radius 1 is 1.30 bits per heavy atom. The molecule has 1 aliphatic carbocycles. The van der Waals surface area contributed by atoms with Crippen molar-refractivity contribution in [3.63, 3.8) is 0 Å². The average Bonchev–Trinajstić information content (AvgIpc) is 3.06. The standard InChI is InChI=1S/C17H26FNO3S/c1-3-12(2)16(17(20)13-8-4-5-9-13)19-23(21,22)15-11-7-6-10-14(15)18/h6-7,10-13,16-17,19-20H,3-5,8-9H2,1-2H3/t12-,16-,17?/m0/s1. The van der Waals surface area contributed by atoms with Gasteiger partial charge in [-0.05, 0) is 36.8 Å². The second-order valence-corrected chi connectivity index (χ2v) is 8.18. The predicted octanol–water partition coefficient (Wildman–Crippen LogP) is 3.07. The highest BCUT2D eigenvalue weighted by Gasteiger charge is 2.36. The molecule has 130 valence electrons. The average molecular weight is 343 g/mol. The van der Waals surface area contributed by atoms with Gasteiger partial charge in [-0.3, -0.25) is 0 Å². The number of rotatable bonds is 7. The van der Waals surface area contributed by atoms with E-state index >= 15 is 0 Å². The van der Waals surface area contributed by atoms with Crippen molar-refractivity contribution >= 4 is 10.0 Å². The number of halogens is 1. The molecule has 0 amide bonds. The summed E-state index contributed by atoms with van der Waals surface area (Å²) in [5.74, 6) is -0.706. The van der Waals surface area contributed by atoms with Crippen LogP contribution in [-0.2, 0) is 10.0 Å². The van der Waals surface area contributed by atoms with Gasteiger partial charge >= 0.3 is 0 Å². The van der Waals surface area contributed by atoms with Crippen LogP contribution in [0.5, 0.6) is 0 Å². The molecule has 1 unspecified atom stereocenters. The predicted molar refractivity (Wildman–Crippen MR) is 87.9 cm³/mol. The van der Waals surface area contributed by atoms with Crippen molar-refractivity contribution in [1.29, 1.82) is 0 Å². The molecular weight excluding hydrogens is 317 g/mol. The molecule has 1 aromatic carbocycles. The molecule has 3 atom stereocenters. The summed E-state index contributed by atoms with van der Waals surface area (Å²) in [5, 5.41) is 10.7. The maximum atomic E-state index is 13.8. The van der Waals surface area contributed by atoms with E-state index in [0.29, 0.717) is 0 Å². The zero-order chi connectivity index (χ0) is 17.0. The lowest BCUT2D eigenvalue weighted by molar-refractivity contribution is 0.0587. The maximum absolute atomic E-state index is 13.8. The van der Waals surface area contributed by atoms with Crippen LogP contribution in [0.25, 0.3) is 0 Å². The third-order valence-electron chi connectivity index (χ3n) is 4.93. The summed E-state index contributed by atoms with van der Waals surface area (Å²) in [6.45, 7) is 3.86. The Bertz CT molecular complexity index is 614. The second-order valence-electron chi connectivity index (χ2n) is 6.50. The van der Waals surface area contributed by atoms with E-state index in [4.69, 9.17) is 0 Å². The normalized spacial score (nSPS) is 20.3. The van der Waals surface area contributed by atoms with Gasteiger partial charge < -0.3 is 5.11 Å². The third-order valence-corrected chi connectivity index (χ3v) is 6.42. The van der Waals surface area contributed by atoms with Crippen LogP contribution in [-0.4, -0.2) is 25.7 Å². The minimum absolute atomic E-state index is 0.0350. The first-order valence-electron chi connectivity index (χ1n) is 8.31. The zero-order valence-electron chi connectivity index (χ0n) is 13.7. The second kappa shape index (κ2) is 7.73. The highest BCUT2D eigenvalue weighted by atomic mass is 32.2. The van der Waals surface area contributed by atoms with Gasteiger partial charge in [0, 0.05) is 0 Å². The summed E-state index contributed by atoms with van der Waals surface area (Å²) >= 11 is 0. The summed E-state index contributed by atoms with van der Waals surface area (Å²) in [6.07, 6.45) is 3.94. The Morgan fingerprint density at radius 2 is 1.91 bits per heavy atom. The Hall–Kier alpha value is -0.980. The van der Waals surface area contributed by atoms with E-state index in [9.17, 15) is 17.9 Å². The summed E-state index contributed by atoms with van der Waals surface area (Å²) in [6, 6.07) is 4.71. The van der Waals surface area contributed by atoms with Gasteiger partial charge in [-0.15, -0.1) is 0 Å². The number of benzene rings is 1. The molecule has 4 nitrogen and oxygen atoms in total. The fourth-order valence-corrected chi connectivity index (χ4v) is 4.71. The van der Waals surface area contributed by atoms with Crippen LogP contribution in [0.15, 0.2) is 29.2 Å². The van der Waals surface area contributed by atoms with E-state index in [1.807, 2.05) is 13.8 Å². The first kappa shape index (κ1) is 18.4. The molecular formula is C17H26FNO3S. The summed E-state index contributed by atoms with van der Waals surface area (Å²) in [7, 11) is -4.00. The van der Waals surface area contributed by atoms with Gasteiger partial charge in [-0.25, -0.2) is 17.5 Å². The SMILES string of the molecule is CC[C@H](C)[C@H](NS(=O)(=O)c1ccccc1F)C(O)C1CCCC1. The molecule has 0 aliphatic heterocycles. The molecule has 1 aromatic rings. The van der Waals surface area contributed by atoms with Crippen LogP contribution >= 0.6 is 0 Å². The molecule has 0 saturated heterocycles. The molecule has 2 N–H and O–H groups in total. The van der Waals surface area contributed by atoms with Crippen LogP contribution in [0.4, 0.5) is 4.39 Å². The monoisotopic (exact) mass is 343 g/mol. The van der Waals surface area contributed by atoms with Crippen LogP contribution in [0.1, 0.15) is 46.0 Å². The Morgan fingerprint density at radius 3 is 2.48 bits per heavy atom. The molecule has 1 fully saturated rings. The van der Waals surface area contributed by atoms with Gasteiger partial charge in [0.05, 0.1) is 12.1 Å². The lowest BCUT2D eigenvalue weighted by atomic mass is 9.87. The molecule has 0 aromatic heterocycles. The third kappa shape index (κ3) is 4.31. The lowest BCUT2D eigenvalue weighted by Crippen LogP contribution is -2.49. The fourth-order valence-electron chi connectivity index (χ4n) is 3.27. The molecule has 0 radical (unpaired) electrons. The van der Waals surface area contributed by atoms with Crippen LogP contribution in [0.3, 0.4) is 0 Å². The van der Waals surface area contributed by atoms with Crippen LogP contribution in [0.2, 0.25) is 0 Å². The largest absolute Gasteiger partial charge is 0.391 e. The van der Waals surface area contributed by atoms with Crippen molar-refractivity contribution in [2.75, 3.05) is 0 Å². The molecule has 0 heterocycles. The lowest BCUT2D eigenvalue weighted by Gasteiger charge is -2.32. The van der Waals surface area contributed by atoms with Crippen LogP contribution in [0, 0.1) is 17.7 Å². The van der Waals surface area contributed by atoms with E-state index in [1.165, 1.54) is 18.2 Å². The number of hydrogen-bond acceptors (Lipinski definition) is 3. The van der Waals surface area contributed by atoms with Gasteiger partial charge in [0.25, 0.3) is 0 Å². The van der Waals surface area contributed by atoms with Crippen molar-refractivity contribution in [3.05, 3.63) is 30.1 Å². The minimum atomic E-state index is -4.00.